The van der Waals surface area contributed by atoms with Gasteiger partial charge in [0.2, 0.25) is 0 Å². The standard InChI is InChI=1S/C17H21N3O3S/c1-10-15(11(2)23-20-10)17(22)19-18-16(21)14-9-12-7-5-3-4-6-8-13(12)24-14/h9H,3-8H2,1-2H3,(H,18,21)(H,19,22). The first-order valence-electron chi connectivity index (χ1n) is 8.21. The number of amides is 2. The SMILES string of the molecule is Cc1noc(C)c1C(=O)NNC(=O)c1cc2c(s1)CCCCCC2. The normalized spacial score (nSPS) is 14.4. The highest BCUT2D eigenvalue weighted by Crippen LogP contribution is 2.28. The van der Waals surface area contributed by atoms with Gasteiger partial charge >= 0.3 is 0 Å². The number of nitrogens with zero attached hydrogens (tertiary/aromatic N) is 1. The van der Waals surface area contributed by atoms with Gasteiger partial charge in [0, 0.05) is 4.88 Å². The van der Waals surface area contributed by atoms with Crippen LogP contribution in [0.1, 0.15) is 67.6 Å². The van der Waals surface area contributed by atoms with E-state index in [-0.39, 0.29) is 5.91 Å². The van der Waals surface area contributed by atoms with Crippen LogP contribution < -0.4 is 10.9 Å². The molecule has 2 aromatic heterocycles. The lowest BCUT2D eigenvalue weighted by Crippen LogP contribution is -2.41. The zero-order chi connectivity index (χ0) is 17.1. The summed E-state index contributed by atoms with van der Waals surface area (Å²) >= 11 is 1.53. The summed E-state index contributed by atoms with van der Waals surface area (Å²) in [6, 6.07) is 1.96. The summed E-state index contributed by atoms with van der Waals surface area (Å²) in [5, 5.41) is 3.74. The number of aromatic nitrogens is 1. The minimum absolute atomic E-state index is 0.285. The quantitative estimate of drug-likeness (QED) is 0.818. The highest BCUT2D eigenvalue weighted by molar-refractivity contribution is 7.14. The van der Waals surface area contributed by atoms with Gasteiger partial charge in [0.15, 0.2) is 0 Å². The highest BCUT2D eigenvalue weighted by atomic mass is 32.1. The molecule has 0 atom stereocenters. The van der Waals surface area contributed by atoms with Gasteiger partial charge in [-0.25, -0.2) is 0 Å². The van der Waals surface area contributed by atoms with Crippen LogP contribution in [-0.2, 0) is 12.8 Å². The number of fused-ring (bicyclic) bond motifs is 1. The van der Waals surface area contributed by atoms with Crippen LogP contribution in [0.15, 0.2) is 10.6 Å². The summed E-state index contributed by atoms with van der Waals surface area (Å²) in [6.07, 6.45) is 6.94. The van der Waals surface area contributed by atoms with E-state index >= 15 is 0 Å². The number of nitrogens with one attached hydrogen (secondary N) is 2. The van der Waals surface area contributed by atoms with Crippen molar-refractivity contribution in [3.8, 4) is 0 Å². The van der Waals surface area contributed by atoms with Crippen molar-refractivity contribution in [3.63, 3.8) is 0 Å². The topological polar surface area (TPSA) is 84.2 Å². The Balaban J connectivity index is 1.65. The molecule has 0 saturated carbocycles. The molecule has 7 heteroatoms. The number of hydrogen-bond acceptors (Lipinski definition) is 5. The first-order chi connectivity index (χ1) is 11.6. The van der Waals surface area contributed by atoms with Crippen molar-refractivity contribution in [2.24, 2.45) is 0 Å². The van der Waals surface area contributed by atoms with E-state index in [1.54, 1.807) is 13.8 Å². The van der Waals surface area contributed by atoms with E-state index in [2.05, 4.69) is 16.0 Å². The molecular formula is C17H21N3O3S. The molecule has 0 spiro atoms. The number of hydrazine groups is 1. The van der Waals surface area contributed by atoms with E-state index in [1.807, 2.05) is 6.07 Å². The van der Waals surface area contributed by atoms with E-state index in [0.29, 0.717) is 21.9 Å². The van der Waals surface area contributed by atoms with Gasteiger partial charge in [-0.1, -0.05) is 18.0 Å². The zero-order valence-electron chi connectivity index (χ0n) is 13.9. The molecule has 0 aliphatic heterocycles. The third-order valence-electron chi connectivity index (χ3n) is 4.27. The van der Waals surface area contributed by atoms with Crippen LogP contribution >= 0.6 is 11.3 Å². The van der Waals surface area contributed by atoms with Crippen LogP contribution in [0.25, 0.3) is 0 Å². The predicted octanol–water partition coefficient (Wildman–Crippen LogP) is 3.09. The second-order valence-corrected chi connectivity index (χ2v) is 7.22. The number of rotatable bonds is 2. The second kappa shape index (κ2) is 7.17. The van der Waals surface area contributed by atoms with E-state index in [9.17, 15) is 9.59 Å². The first kappa shape index (κ1) is 16.7. The number of carbonyl (C=O) groups excluding carboxylic acids is 2. The first-order valence-corrected chi connectivity index (χ1v) is 9.03. The van der Waals surface area contributed by atoms with Crippen molar-refractivity contribution >= 4 is 23.2 Å². The minimum Gasteiger partial charge on any atom is -0.361 e. The van der Waals surface area contributed by atoms with Gasteiger partial charge in [-0.15, -0.1) is 11.3 Å². The molecule has 2 amide bonds. The Hall–Kier alpha value is -2.15. The van der Waals surface area contributed by atoms with Crippen LogP contribution in [0.2, 0.25) is 0 Å². The maximum atomic E-state index is 12.3. The number of thiophene rings is 1. The van der Waals surface area contributed by atoms with Crippen molar-refractivity contribution in [1.29, 1.82) is 0 Å². The largest absolute Gasteiger partial charge is 0.361 e. The molecule has 0 radical (unpaired) electrons. The predicted molar refractivity (Wildman–Crippen MR) is 91.1 cm³/mol. The third kappa shape index (κ3) is 3.51. The maximum Gasteiger partial charge on any atom is 0.279 e. The molecule has 2 aromatic rings. The fourth-order valence-corrected chi connectivity index (χ4v) is 4.15. The fraction of sp³-hybridized carbons (Fsp3) is 0.471. The maximum absolute atomic E-state index is 12.3. The molecule has 1 aliphatic rings. The summed E-state index contributed by atoms with van der Waals surface area (Å²) in [5.74, 6) is -0.278. The van der Waals surface area contributed by atoms with Gasteiger partial charge in [-0.2, -0.15) is 0 Å². The Morgan fingerprint density at radius 2 is 1.79 bits per heavy atom. The van der Waals surface area contributed by atoms with Gasteiger partial charge in [-0.3, -0.25) is 20.4 Å². The van der Waals surface area contributed by atoms with E-state index in [4.69, 9.17) is 4.52 Å². The van der Waals surface area contributed by atoms with Crippen LogP contribution in [0.3, 0.4) is 0 Å². The van der Waals surface area contributed by atoms with Crippen LogP contribution in [0.4, 0.5) is 0 Å². The van der Waals surface area contributed by atoms with Crippen molar-refractivity contribution < 1.29 is 14.1 Å². The molecule has 1 aliphatic carbocycles. The molecule has 0 fully saturated rings. The molecule has 2 N–H and O–H groups in total. The summed E-state index contributed by atoms with van der Waals surface area (Å²) in [6.45, 7) is 3.35. The van der Waals surface area contributed by atoms with Gasteiger partial charge in [0.1, 0.15) is 11.3 Å². The van der Waals surface area contributed by atoms with Gasteiger partial charge in [0.05, 0.1) is 10.6 Å². The number of hydrogen-bond donors (Lipinski definition) is 2. The van der Waals surface area contributed by atoms with Crippen molar-refractivity contribution in [2.45, 2.75) is 52.4 Å². The molecule has 24 heavy (non-hydrogen) atoms. The lowest BCUT2D eigenvalue weighted by atomic mass is 10.00. The van der Waals surface area contributed by atoms with Crippen LogP contribution in [0.5, 0.6) is 0 Å². The van der Waals surface area contributed by atoms with E-state index in [0.717, 1.165) is 12.8 Å². The third-order valence-corrected chi connectivity index (χ3v) is 5.51. The lowest BCUT2D eigenvalue weighted by Gasteiger charge is -2.07. The van der Waals surface area contributed by atoms with Gasteiger partial charge in [-0.05, 0) is 51.2 Å². The van der Waals surface area contributed by atoms with Gasteiger partial charge < -0.3 is 4.52 Å². The van der Waals surface area contributed by atoms with Crippen LogP contribution in [0, 0.1) is 13.8 Å². The molecule has 0 bridgehead atoms. The Morgan fingerprint density at radius 3 is 2.50 bits per heavy atom. The van der Waals surface area contributed by atoms with Crippen molar-refractivity contribution in [2.75, 3.05) is 0 Å². The van der Waals surface area contributed by atoms with E-state index < -0.39 is 5.91 Å². The zero-order valence-corrected chi connectivity index (χ0v) is 14.7. The smallest absolute Gasteiger partial charge is 0.279 e. The molecule has 3 rings (SSSR count). The summed E-state index contributed by atoms with van der Waals surface area (Å²) < 4.78 is 4.97. The monoisotopic (exact) mass is 347 g/mol. The number of carbonyl (C=O) groups is 2. The van der Waals surface area contributed by atoms with Gasteiger partial charge in [0.25, 0.3) is 11.8 Å². The molecule has 0 unspecified atom stereocenters. The molecular weight excluding hydrogens is 326 g/mol. The molecule has 0 aromatic carbocycles. The fourth-order valence-electron chi connectivity index (χ4n) is 3.00. The highest BCUT2D eigenvalue weighted by Gasteiger charge is 2.20. The number of aryl methyl sites for hydroxylation is 4. The lowest BCUT2D eigenvalue weighted by molar-refractivity contribution is 0.0847. The average molecular weight is 347 g/mol. The Kier molecular flexibility index (Phi) is 4.99. The average Bonchev–Trinajstić information content (AvgIpc) is 3.08. The Morgan fingerprint density at radius 1 is 1.08 bits per heavy atom. The molecule has 128 valence electrons. The minimum atomic E-state index is -0.422. The summed E-state index contributed by atoms with van der Waals surface area (Å²) in [5.41, 5.74) is 7.06. The summed E-state index contributed by atoms with van der Waals surface area (Å²) in [4.78, 5) is 26.4. The van der Waals surface area contributed by atoms with Crippen molar-refractivity contribution in [3.05, 3.63) is 38.4 Å². The second-order valence-electron chi connectivity index (χ2n) is 6.08. The molecule has 0 saturated heterocycles. The van der Waals surface area contributed by atoms with E-state index in [1.165, 1.54) is 47.5 Å². The Bertz CT molecular complexity index is 718. The summed E-state index contributed by atoms with van der Waals surface area (Å²) in [7, 11) is 0. The molecule has 6 nitrogen and oxygen atoms in total. The van der Waals surface area contributed by atoms with Crippen molar-refractivity contribution in [1.82, 2.24) is 16.0 Å². The Labute approximate surface area is 144 Å². The van der Waals surface area contributed by atoms with Crippen LogP contribution in [-0.4, -0.2) is 17.0 Å². The molecule has 2 heterocycles.